The molecule has 0 aliphatic carbocycles. The van der Waals surface area contributed by atoms with Crippen LogP contribution in [-0.2, 0) is 13.0 Å². The highest BCUT2D eigenvalue weighted by Gasteiger charge is 2.14. The minimum Gasteiger partial charge on any atom is -0.388 e. The molecule has 0 aliphatic rings. The summed E-state index contributed by atoms with van der Waals surface area (Å²) in [6.07, 6.45) is 1.51. The molecule has 2 rings (SSSR count). The van der Waals surface area contributed by atoms with E-state index in [1.54, 1.807) is 18.1 Å². The lowest BCUT2D eigenvalue weighted by atomic mass is 10.1. The van der Waals surface area contributed by atoms with E-state index in [-0.39, 0.29) is 0 Å². The standard InChI is InChI=1S/C16H23N3OS/c1-4-21-14-7-5-13(6-8-14)15(20)9-16-17-11-18-19(16)10-12(2)3/h5-8,11-12,15,20H,4,9-10H2,1-3H3. The molecular weight excluding hydrogens is 282 g/mol. The molecule has 1 N–H and O–H groups in total. The van der Waals surface area contributed by atoms with E-state index in [0.717, 1.165) is 23.7 Å². The van der Waals surface area contributed by atoms with Crippen molar-refractivity contribution in [3.63, 3.8) is 0 Å². The van der Waals surface area contributed by atoms with Crippen LogP contribution in [0.1, 0.15) is 38.3 Å². The van der Waals surface area contributed by atoms with Gasteiger partial charge in [0.25, 0.3) is 0 Å². The fourth-order valence-electron chi connectivity index (χ4n) is 2.19. The largest absolute Gasteiger partial charge is 0.388 e. The van der Waals surface area contributed by atoms with Crippen molar-refractivity contribution in [3.8, 4) is 0 Å². The fraction of sp³-hybridized carbons (Fsp3) is 0.500. The second-order valence-corrected chi connectivity index (χ2v) is 6.81. The second kappa shape index (κ2) is 7.61. The summed E-state index contributed by atoms with van der Waals surface area (Å²) < 4.78 is 1.88. The van der Waals surface area contributed by atoms with Crippen molar-refractivity contribution in [2.75, 3.05) is 5.75 Å². The molecule has 1 unspecified atom stereocenters. The van der Waals surface area contributed by atoms with Crippen LogP contribution in [0.5, 0.6) is 0 Å². The lowest BCUT2D eigenvalue weighted by Gasteiger charge is -2.13. The highest BCUT2D eigenvalue weighted by atomic mass is 32.2. The van der Waals surface area contributed by atoms with Crippen LogP contribution >= 0.6 is 11.8 Å². The average Bonchev–Trinajstić information content (AvgIpc) is 2.86. The Kier molecular flexibility index (Phi) is 5.82. The van der Waals surface area contributed by atoms with Crippen LogP contribution < -0.4 is 0 Å². The first kappa shape index (κ1) is 16.0. The Balaban J connectivity index is 2.03. The van der Waals surface area contributed by atoms with Gasteiger partial charge in [0.05, 0.1) is 6.10 Å². The van der Waals surface area contributed by atoms with E-state index in [9.17, 15) is 5.11 Å². The number of thioether (sulfide) groups is 1. The summed E-state index contributed by atoms with van der Waals surface area (Å²) in [5.74, 6) is 2.40. The second-order valence-electron chi connectivity index (χ2n) is 5.47. The van der Waals surface area contributed by atoms with Gasteiger partial charge in [0.15, 0.2) is 0 Å². The Morgan fingerprint density at radius 2 is 1.95 bits per heavy atom. The minimum atomic E-state index is -0.541. The smallest absolute Gasteiger partial charge is 0.138 e. The van der Waals surface area contributed by atoms with E-state index in [1.165, 1.54) is 4.90 Å². The van der Waals surface area contributed by atoms with Crippen LogP contribution in [0.25, 0.3) is 0 Å². The number of hydrogen-bond acceptors (Lipinski definition) is 4. The van der Waals surface area contributed by atoms with Crippen molar-refractivity contribution < 1.29 is 5.11 Å². The van der Waals surface area contributed by atoms with E-state index in [2.05, 4.69) is 43.0 Å². The Hall–Kier alpha value is -1.33. The predicted octanol–water partition coefficient (Wildman–Crippen LogP) is 3.32. The van der Waals surface area contributed by atoms with Crippen LogP contribution in [0.2, 0.25) is 0 Å². The molecule has 0 aliphatic heterocycles. The van der Waals surface area contributed by atoms with Gasteiger partial charge in [0, 0.05) is 17.9 Å². The third-order valence-electron chi connectivity index (χ3n) is 3.19. The summed E-state index contributed by atoms with van der Waals surface area (Å²) in [6, 6.07) is 8.11. The van der Waals surface area contributed by atoms with Gasteiger partial charge >= 0.3 is 0 Å². The highest BCUT2D eigenvalue weighted by Crippen LogP contribution is 2.22. The topological polar surface area (TPSA) is 50.9 Å². The molecule has 2 aromatic rings. The molecular formula is C16H23N3OS. The van der Waals surface area contributed by atoms with Gasteiger partial charge in [0.1, 0.15) is 12.2 Å². The zero-order chi connectivity index (χ0) is 15.2. The van der Waals surface area contributed by atoms with Gasteiger partial charge in [-0.25, -0.2) is 9.67 Å². The molecule has 1 aromatic heterocycles. The first-order chi connectivity index (χ1) is 10.1. The quantitative estimate of drug-likeness (QED) is 0.797. The zero-order valence-electron chi connectivity index (χ0n) is 12.9. The third kappa shape index (κ3) is 4.58. The number of aliphatic hydroxyl groups excluding tert-OH is 1. The molecule has 0 radical (unpaired) electrons. The number of rotatable bonds is 7. The van der Waals surface area contributed by atoms with E-state index in [0.29, 0.717) is 12.3 Å². The lowest BCUT2D eigenvalue weighted by molar-refractivity contribution is 0.173. The normalized spacial score (nSPS) is 12.8. The van der Waals surface area contributed by atoms with Crippen LogP contribution in [0.4, 0.5) is 0 Å². The number of benzene rings is 1. The van der Waals surface area contributed by atoms with Gasteiger partial charge in [0.2, 0.25) is 0 Å². The van der Waals surface area contributed by atoms with Gasteiger partial charge in [-0.15, -0.1) is 11.8 Å². The van der Waals surface area contributed by atoms with E-state index >= 15 is 0 Å². The van der Waals surface area contributed by atoms with Gasteiger partial charge < -0.3 is 5.11 Å². The summed E-state index contributed by atoms with van der Waals surface area (Å²) in [6.45, 7) is 7.25. The maximum Gasteiger partial charge on any atom is 0.138 e. The molecule has 1 heterocycles. The Bertz CT molecular complexity index is 551. The van der Waals surface area contributed by atoms with E-state index in [4.69, 9.17) is 0 Å². The SMILES string of the molecule is CCSc1ccc(C(O)Cc2ncnn2CC(C)C)cc1. The number of aliphatic hydroxyl groups is 1. The maximum atomic E-state index is 10.4. The third-order valence-corrected chi connectivity index (χ3v) is 4.08. The first-order valence-corrected chi connectivity index (χ1v) is 8.36. The Labute approximate surface area is 130 Å². The Morgan fingerprint density at radius 3 is 2.57 bits per heavy atom. The van der Waals surface area contributed by atoms with E-state index in [1.807, 2.05) is 16.8 Å². The molecule has 0 fully saturated rings. The van der Waals surface area contributed by atoms with Crippen molar-refractivity contribution in [2.45, 2.75) is 44.7 Å². The van der Waals surface area contributed by atoms with Crippen molar-refractivity contribution in [1.29, 1.82) is 0 Å². The average molecular weight is 305 g/mol. The van der Waals surface area contributed by atoms with Gasteiger partial charge in [-0.05, 0) is 29.4 Å². The van der Waals surface area contributed by atoms with Crippen LogP contribution in [0.15, 0.2) is 35.5 Å². The summed E-state index contributed by atoms with van der Waals surface area (Å²) in [7, 11) is 0. The molecule has 0 saturated carbocycles. The molecule has 0 amide bonds. The molecule has 0 bridgehead atoms. The fourth-order valence-corrected chi connectivity index (χ4v) is 2.85. The van der Waals surface area contributed by atoms with Crippen molar-refractivity contribution in [3.05, 3.63) is 42.0 Å². The molecule has 4 nitrogen and oxygen atoms in total. The van der Waals surface area contributed by atoms with Gasteiger partial charge in [-0.2, -0.15) is 5.10 Å². The number of nitrogens with zero attached hydrogens (tertiary/aromatic N) is 3. The van der Waals surface area contributed by atoms with Gasteiger partial charge in [-0.3, -0.25) is 0 Å². The van der Waals surface area contributed by atoms with Crippen LogP contribution in [0, 0.1) is 5.92 Å². The molecule has 0 saturated heterocycles. The number of hydrogen-bond donors (Lipinski definition) is 1. The zero-order valence-corrected chi connectivity index (χ0v) is 13.7. The molecule has 0 spiro atoms. The summed E-state index contributed by atoms with van der Waals surface area (Å²) >= 11 is 1.80. The maximum absolute atomic E-state index is 10.4. The lowest BCUT2D eigenvalue weighted by Crippen LogP contribution is -2.13. The number of aromatic nitrogens is 3. The molecule has 21 heavy (non-hydrogen) atoms. The van der Waals surface area contributed by atoms with Crippen molar-refractivity contribution in [2.24, 2.45) is 5.92 Å². The van der Waals surface area contributed by atoms with Crippen LogP contribution in [-0.4, -0.2) is 25.6 Å². The van der Waals surface area contributed by atoms with Crippen LogP contribution in [0.3, 0.4) is 0 Å². The minimum absolute atomic E-state index is 0.493. The van der Waals surface area contributed by atoms with Gasteiger partial charge in [-0.1, -0.05) is 32.9 Å². The summed E-state index contributed by atoms with van der Waals surface area (Å²) in [5.41, 5.74) is 0.926. The Morgan fingerprint density at radius 1 is 1.24 bits per heavy atom. The van der Waals surface area contributed by atoms with Crippen molar-refractivity contribution >= 4 is 11.8 Å². The molecule has 5 heteroatoms. The molecule has 1 atom stereocenters. The molecule has 1 aromatic carbocycles. The highest BCUT2D eigenvalue weighted by molar-refractivity contribution is 7.99. The first-order valence-electron chi connectivity index (χ1n) is 7.37. The summed E-state index contributed by atoms with van der Waals surface area (Å²) in [4.78, 5) is 5.50. The van der Waals surface area contributed by atoms with Crippen molar-refractivity contribution in [1.82, 2.24) is 14.8 Å². The molecule has 114 valence electrons. The van der Waals surface area contributed by atoms with E-state index < -0.39 is 6.10 Å². The summed E-state index contributed by atoms with van der Waals surface area (Å²) in [5, 5.41) is 14.6. The predicted molar refractivity (Wildman–Crippen MR) is 86.4 cm³/mol. The monoisotopic (exact) mass is 305 g/mol.